The van der Waals surface area contributed by atoms with Gasteiger partial charge in [0.05, 0.1) is 18.8 Å². The van der Waals surface area contributed by atoms with E-state index >= 15 is 0 Å². The molecule has 2 radical (unpaired) electrons. The SMILES string of the molecule is [B]C(=O)N1[C@@H](Cc2ccccc2)[C@@H](CC(=O)CC(=O)OCC)OC1(C)C. The largest absolute Gasteiger partial charge is 0.466 e. The Morgan fingerprint density at radius 2 is 1.88 bits per heavy atom. The topological polar surface area (TPSA) is 72.9 Å². The van der Waals surface area contributed by atoms with Crippen LogP contribution in [0.15, 0.2) is 30.3 Å². The number of ketones is 1. The number of esters is 1. The minimum atomic E-state index is -0.930. The van der Waals surface area contributed by atoms with Crippen molar-refractivity contribution in [2.45, 2.75) is 57.9 Å². The maximum Gasteiger partial charge on any atom is 0.313 e. The maximum absolute atomic E-state index is 12.3. The maximum atomic E-state index is 12.3. The van der Waals surface area contributed by atoms with Gasteiger partial charge >= 0.3 is 5.97 Å². The normalized spacial score (nSPS) is 21.4. The number of rotatable bonds is 7. The Kier molecular flexibility index (Phi) is 6.59. The molecule has 1 aliphatic heterocycles. The summed E-state index contributed by atoms with van der Waals surface area (Å²) in [6.45, 7) is 5.40. The van der Waals surface area contributed by atoms with Gasteiger partial charge < -0.3 is 14.4 Å². The van der Waals surface area contributed by atoms with E-state index in [-0.39, 0.29) is 25.2 Å². The minimum absolute atomic E-state index is 0.0174. The molecule has 7 heteroatoms. The van der Waals surface area contributed by atoms with Gasteiger partial charge in [0.1, 0.15) is 17.9 Å². The molecule has 1 aromatic rings. The number of carbonyl (C=O) groups excluding carboxylic acids is 3. The number of ether oxygens (including phenoxy) is 2. The molecule has 0 aromatic heterocycles. The van der Waals surface area contributed by atoms with Crippen LogP contribution in [0, 0.1) is 0 Å². The summed E-state index contributed by atoms with van der Waals surface area (Å²) in [6, 6.07) is 9.22. The van der Waals surface area contributed by atoms with Crippen LogP contribution >= 0.6 is 0 Å². The van der Waals surface area contributed by atoms with Gasteiger partial charge in [-0.3, -0.25) is 14.4 Å². The van der Waals surface area contributed by atoms with Crippen LogP contribution in [-0.4, -0.2) is 54.8 Å². The average molecular weight is 357 g/mol. The van der Waals surface area contributed by atoms with Crippen LogP contribution in [0.4, 0.5) is 4.79 Å². The Morgan fingerprint density at radius 1 is 1.23 bits per heavy atom. The Balaban J connectivity index is 2.17. The van der Waals surface area contributed by atoms with E-state index in [0.29, 0.717) is 6.42 Å². The van der Waals surface area contributed by atoms with Crippen LogP contribution in [0.5, 0.6) is 0 Å². The van der Waals surface area contributed by atoms with Gasteiger partial charge in [-0.1, -0.05) is 30.3 Å². The van der Waals surface area contributed by atoms with Crippen molar-refractivity contribution in [2.24, 2.45) is 0 Å². The molecule has 0 spiro atoms. The summed E-state index contributed by atoms with van der Waals surface area (Å²) in [4.78, 5) is 37.3. The van der Waals surface area contributed by atoms with Crippen LogP contribution < -0.4 is 0 Å². The number of Topliss-reactive ketones (excluding diaryl/α,β-unsaturated/α-hetero) is 1. The predicted octanol–water partition coefficient (Wildman–Crippen LogP) is 2.24. The van der Waals surface area contributed by atoms with Crippen LogP contribution in [0.25, 0.3) is 0 Å². The number of nitrogens with zero attached hydrogens (tertiary/aromatic N) is 1. The molecule has 0 bridgehead atoms. The smallest absolute Gasteiger partial charge is 0.313 e. The van der Waals surface area contributed by atoms with E-state index in [0.717, 1.165) is 5.56 Å². The highest BCUT2D eigenvalue weighted by Gasteiger charge is 2.48. The molecule has 1 amide bonds. The van der Waals surface area contributed by atoms with E-state index in [1.807, 2.05) is 30.3 Å². The third-order valence-corrected chi connectivity index (χ3v) is 4.38. The summed E-state index contributed by atoms with van der Waals surface area (Å²) in [5.74, 6) is -1.44. The highest BCUT2D eigenvalue weighted by Crippen LogP contribution is 2.35. The standard InChI is InChI=1S/C19H24BNO5/c1-4-25-17(23)12-14(22)11-16-15(10-13-8-6-5-7-9-13)21(18(20)24)19(2,3)26-16/h5-9,15-16H,4,10-12H2,1-3H3/t15-,16+/m0/s1. The highest BCUT2D eigenvalue weighted by atomic mass is 16.5. The van der Waals surface area contributed by atoms with E-state index in [2.05, 4.69) is 0 Å². The molecule has 1 fully saturated rings. The van der Waals surface area contributed by atoms with Gasteiger partial charge in [0.2, 0.25) is 7.85 Å². The van der Waals surface area contributed by atoms with E-state index in [4.69, 9.17) is 17.3 Å². The van der Waals surface area contributed by atoms with Crippen molar-refractivity contribution in [3.8, 4) is 0 Å². The highest BCUT2D eigenvalue weighted by molar-refractivity contribution is 6.57. The third-order valence-electron chi connectivity index (χ3n) is 4.38. The van der Waals surface area contributed by atoms with Crippen LogP contribution in [0.1, 0.15) is 39.2 Å². The summed E-state index contributed by atoms with van der Waals surface area (Å²) in [5.41, 5.74) is 0.0769. The van der Waals surface area contributed by atoms with Crippen molar-refractivity contribution in [1.29, 1.82) is 0 Å². The lowest BCUT2D eigenvalue weighted by Crippen LogP contribution is -2.48. The van der Waals surface area contributed by atoms with Crippen molar-refractivity contribution in [3.63, 3.8) is 0 Å². The molecule has 0 unspecified atom stereocenters. The second-order valence-corrected chi connectivity index (χ2v) is 6.79. The van der Waals surface area contributed by atoms with Gasteiger partial charge in [-0.25, -0.2) is 0 Å². The van der Waals surface area contributed by atoms with Crippen LogP contribution in [0.3, 0.4) is 0 Å². The molecule has 1 aliphatic rings. The first kappa shape index (κ1) is 20.2. The van der Waals surface area contributed by atoms with E-state index in [1.165, 1.54) is 4.90 Å². The van der Waals surface area contributed by atoms with Gasteiger partial charge in [-0.15, -0.1) is 0 Å². The lowest BCUT2D eigenvalue weighted by molar-refractivity contribution is -0.146. The van der Waals surface area contributed by atoms with Gasteiger partial charge in [-0.2, -0.15) is 0 Å². The Bertz CT molecular complexity index is 661. The zero-order chi connectivity index (χ0) is 19.3. The molecular formula is C19H24BNO5. The van der Waals surface area contributed by atoms with Crippen LogP contribution in [0.2, 0.25) is 0 Å². The molecule has 0 saturated carbocycles. The molecule has 6 nitrogen and oxygen atoms in total. The lowest BCUT2D eigenvalue weighted by atomic mass is 9.94. The molecule has 138 valence electrons. The van der Waals surface area contributed by atoms with Gasteiger partial charge in [0.15, 0.2) is 5.81 Å². The molecule has 2 rings (SSSR count). The zero-order valence-electron chi connectivity index (χ0n) is 15.4. The first-order chi connectivity index (χ1) is 12.2. The number of hydrogen-bond acceptors (Lipinski definition) is 5. The van der Waals surface area contributed by atoms with Crippen molar-refractivity contribution in [1.82, 2.24) is 4.90 Å². The lowest BCUT2D eigenvalue weighted by Gasteiger charge is -2.33. The monoisotopic (exact) mass is 357 g/mol. The second kappa shape index (κ2) is 8.49. The third kappa shape index (κ3) is 4.94. The molecule has 1 aromatic carbocycles. The van der Waals surface area contributed by atoms with Crippen molar-refractivity contribution < 1.29 is 23.9 Å². The van der Waals surface area contributed by atoms with Gasteiger partial charge in [0.25, 0.3) is 0 Å². The summed E-state index contributed by atoms with van der Waals surface area (Å²) in [7, 11) is 5.58. The van der Waals surface area contributed by atoms with Crippen molar-refractivity contribution >= 4 is 25.4 Å². The summed E-state index contributed by atoms with van der Waals surface area (Å²) in [5, 5.41) is 0. The average Bonchev–Trinajstić information content (AvgIpc) is 2.78. The Labute approximate surface area is 155 Å². The number of amides is 1. The van der Waals surface area contributed by atoms with E-state index in [9.17, 15) is 14.4 Å². The van der Waals surface area contributed by atoms with Crippen molar-refractivity contribution in [3.05, 3.63) is 35.9 Å². The summed E-state index contributed by atoms with van der Waals surface area (Å²) < 4.78 is 10.8. The number of carbonyl (C=O) groups is 3. The summed E-state index contributed by atoms with van der Waals surface area (Å²) in [6.07, 6.45) is -0.323. The second-order valence-electron chi connectivity index (χ2n) is 6.79. The first-order valence-corrected chi connectivity index (χ1v) is 8.72. The van der Waals surface area contributed by atoms with E-state index < -0.39 is 29.6 Å². The van der Waals surface area contributed by atoms with Crippen molar-refractivity contribution in [2.75, 3.05) is 6.61 Å². The number of hydrogen-bond donors (Lipinski definition) is 0. The van der Waals surface area contributed by atoms with Gasteiger partial charge in [0, 0.05) is 6.42 Å². The first-order valence-electron chi connectivity index (χ1n) is 8.72. The van der Waals surface area contributed by atoms with E-state index in [1.54, 1.807) is 20.8 Å². The molecule has 2 atom stereocenters. The fourth-order valence-corrected chi connectivity index (χ4v) is 3.43. The minimum Gasteiger partial charge on any atom is -0.466 e. The fourth-order valence-electron chi connectivity index (χ4n) is 3.43. The van der Waals surface area contributed by atoms with Crippen LogP contribution in [-0.2, 0) is 25.5 Å². The Hall–Kier alpha value is -2.15. The fraction of sp³-hybridized carbons (Fsp3) is 0.526. The van der Waals surface area contributed by atoms with Gasteiger partial charge in [-0.05, 0) is 32.8 Å². The molecule has 0 aliphatic carbocycles. The molecule has 26 heavy (non-hydrogen) atoms. The predicted molar refractivity (Wildman–Crippen MR) is 96.7 cm³/mol. The molecule has 0 N–H and O–H groups in total. The molecule has 1 saturated heterocycles. The number of benzene rings is 1. The quantitative estimate of drug-likeness (QED) is 0.425. The Morgan fingerprint density at radius 3 is 2.46 bits per heavy atom. The zero-order valence-corrected chi connectivity index (χ0v) is 15.4. The molecular weight excluding hydrogens is 333 g/mol. The molecule has 1 heterocycles. The summed E-state index contributed by atoms with van der Waals surface area (Å²) >= 11 is 0.